The summed E-state index contributed by atoms with van der Waals surface area (Å²) < 4.78 is 40.9. The zero-order valence-electron chi connectivity index (χ0n) is 22.5. The Bertz CT molecular complexity index is 1660. The van der Waals surface area contributed by atoms with Crippen LogP contribution in [0.1, 0.15) is 54.2 Å². The number of nitrogens with zero attached hydrogens (tertiary/aromatic N) is 3. The normalized spacial score (nSPS) is 19.8. The van der Waals surface area contributed by atoms with Crippen LogP contribution in [-0.2, 0) is 18.2 Å². The molecule has 2 aliphatic rings. The van der Waals surface area contributed by atoms with Crippen LogP contribution in [0.5, 0.6) is 11.5 Å². The van der Waals surface area contributed by atoms with Gasteiger partial charge in [0.05, 0.1) is 18.3 Å². The molecule has 8 nitrogen and oxygen atoms in total. The smallest absolute Gasteiger partial charge is 0.163 e. The van der Waals surface area contributed by atoms with Crippen molar-refractivity contribution in [2.45, 2.75) is 43.7 Å². The molecule has 0 radical (unpaired) electrons. The van der Waals surface area contributed by atoms with Crippen LogP contribution in [0.25, 0.3) is 22.2 Å². The third kappa shape index (κ3) is 4.41. The van der Waals surface area contributed by atoms with Gasteiger partial charge in [-0.15, -0.1) is 0 Å². The van der Waals surface area contributed by atoms with E-state index in [1.807, 2.05) is 6.20 Å². The lowest BCUT2D eigenvalue weighted by Crippen LogP contribution is -2.35. The maximum absolute atomic E-state index is 14.2. The number of methoxy groups -OCH3 is 1. The second-order valence-corrected chi connectivity index (χ2v) is 11.1. The highest BCUT2D eigenvalue weighted by Crippen LogP contribution is 2.51. The SMILES string of the molecule is COc1cc(C(=O)CC[C@](O)(c2cc3c(c(-c4ccc(F)c(F)c4)n2)OC[C@]3(C)N)C2CC2)cc2cn(C)nc12. The summed E-state index contributed by atoms with van der Waals surface area (Å²) in [5.74, 6) is -1.38. The van der Waals surface area contributed by atoms with Crippen molar-refractivity contribution in [1.29, 1.82) is 0 Å². The number of ketones is 1. The van der Waals surface area contributed by atoms with E-state index in [0.29, 0.717) is 39.4 Å². The van der Waals surface area contributed by atoms with Gasteiger partial charge in [-0.3, -0.25) is 9.48 Å². The predicted octanol–water partition coefficient (Wildman–Crippen LogP) is 4.75. The van der Waals surface area contributed by atoms with Gasteiger partial charge in [-0.05, 0) is 68.5 Å². The summed E-state index contributed by atoms with van der Waals surface area (Å²) in [5.41, 5.74) is 6.88. The summed E-state index contributed by atoms with van der Waals surface area (Å²) in [7, 11) is 3.33. The van der Waals surface area contributed by atoms with Crippen LogP contribution in [0.2, 0.25) is 0 Å². The number of carbonyl (C=O) groups excluding carboxylic acids is 1. The van der Waals surface area contributed by atoms with Gasteiger partial charge in [0.25, 0.3) is 0 Å². The second kappa shape index (κ2) is 9.35. The number of ether oxygens (including phenoxy) is 2. The first-order valence-electron chi connectivity index (χ1n) is 13.2. The minimum atomic E-state index is -1.43. The van der Waals surface area contributed by atoms with Crippen LogP contribution in [0.4, 0.5) is 8.78 Å². The fourth-order valence-electron chi connectivity index (χ4n) is 5.55. The average molecular weight is 549 g/mol. The first kappa shape index (κ1) is 26.3. The van der Waals surface area contributed by atoms with Crippen molar-refractivity contribution in [1.82, 2.24) is 14.8 Å². The summed E-state index contributed by atoms with van der Waals surface area (Å²) in [5, 5.41) is 17.3. The molecule has 2 atom stereocenters. The van der Waals surface area contributed by atoms with Crippen LogP contribution < -0.4 is 15.2 Å². The predicted molar refractivity (Wildman–Crippen MR) is 144 cm³/mol. The molecule has 3 heterocycles. The first-order chi connectivity index (χ1) is 19.0. The summed E-state index contributed by atoms with van der Waals surface area (Å²) in [6.45, 7) is 1.97. The molecule has 6 rings (SSSR count). The molecule has 0 amide bonds. The van der Waals surface area contributed by atoms with Crippen molar-refractivity contribution < 1.29 is 28.2 Å². The summed E-state index contributed by atoms with van der Waals surface area (Å²) in [6.07, 6.45) is 3.54. The highest BCUT2D eigenvalue weighted by atomic mass is 19.2. The molecule has 0 unspecified atom stereocenters. The van der Waals surface area contributed by atoms with Gasteiger partial charge in [0, 0.05) is 41.7 Å². The Labute approximate surface area is 229 Å². The van der Waals surface area contributed by atoms with Gasteiger partial charge < -0.3 is 20.3 Å². The number of aromatic nitrogens is 3. The van der Waals surface area contributed by atoms with Gasteiger partial charge in [0.15, 0.2) is 23.2 Å². The number of halogens is 2. The zero-order valence-corrected chi connectivity index (χ0v) is 22.5. The molecule has 1 aliphatic carbocycles. The monoisotopic (exact) mass is 548 g/mol. The second-order valence-electron chi connectivity index (χ2n) is 11.1. The Balaban J connectivity index is 1.37. The van der Waals surface area contributed by atoms with E-state index in [4.69, 9.17) is 20.2 Å². The number of pyridine rings is 1. The Hall–Kier alpha value is -3.89. The molecule has 0 bridgehead atoms. The Kier molecular flexibility index (Phi) is 6.15. The van der Waals surface area contributed by atoms with E-state index in [1.165, 1.54) is 13.2 Å². The summed E-state index contributed by atoms with van der Waals surface area (Å²) in [4.78, 5) is 18.1. The lowest BCUT2D eigenvalue weighted by atomic mass is 9.83. The Morgan fingerprint density at radius 1 is 1.25 bits per heavy atom. The van der Waals surface area contributed by atoms with Crippen LogP contribution in [-0.4, -0.2) is 39.4 Å². The lowest BCUT2D eigenvalue weighted by molar-refractivity contribution is -0.00116. The highest BCUT2D eigenvalue weighted by molar-refractivity contribution is 6.01. The number of carbonyl (C=O) groups is 1. The molecule has 1 fully saturated rings. The van der Waals surface area contributed by atoms with Crippen molar-refractivity contribution in [3.05, 3.63) is 71.1 Å². The van der Waals surface area contributed by atoms with Crippen LogP contribution in [0.3, 0.4) is 0 Å². The van der Waals surface area contributed by atoms with Crippen molar-refractivity contribution in [3.63, 3.8) is 0 Å². The molecular formula is C30H30F2N4O4. The highest BCUT2D eigenvalue weighted by Gasteiger charge is 2.48. The van der Waals surface area contributed by atoms with Crippen molar-refractivity contribution >= 4 is 16.7 Å². The number of hydrogen-bond donors (Lipinski definition) is 2. The topological polar surface area (TPSA) is 112 Å². The summed E-state index contributed by atoms with van der Waals surface area (Å²) >= 11 is 0. The van der Waals surface area contributed by atoms with Gasteiger partial charge in [0.1, 0.15) is 29.2 Å². The fraction of sp³-hybridized carbons (Fsp3) is 0.367. The minimum absolute atomic E-state index is 0.0532. The Morgan fingerprint density at radius 3 is 2.73 bits per heavy atom. The molecule has 3 N–H and O–H groups in total. The van der Waals surface area contributed by atoms with Crippen molar-refractivity contribution in [2.75, 3.05) is 13.7 Å². The standard InChI is InChI=1S/C30H30F2N4O4/c1-29(33)15-40-28-20(29)13-25(34-27(28)16-4-7-21(31)22(32)11-16)30(38,19-5-6-19)9-8-23(37)17-10-18-14-36(2)35-26(18)24(12-17)39-3/h4,7,10-14,19,38H,5-6,8-9,15,33H2,1-3H3/t29-,30+/m0/s1. The first-order valence-corrected chi connectivity index (χ1v) is 13.2. The van der Waals surface area contributed by atoms with Crippen molar-refractivity contribution in [3.8, 4) is 22.8 Å². The van der Waals surface area contributed by atoms with E-state index in [1.54, 1.807) is 36.9 Å². The lowest BCUT2D eigenvalue weighted by Gasteiger charge is -2.29. The number of benzene rings is 2. The maximum Gasteiger partial charge on any atom is 0.163 e. The molecule has 2 aromatic heterocycles. The molecule has 1 saturated carbocycles. The number of nitrogens with two attached hydrogens (primary N) is 1. The zero-order chi connectivity index (χ0) is 28.4. The van der Waals surface area contributed by atoms with E-state index in [-0.39, 0.29) is 36.8 Å². The number of aryl methyl sites for hydroxylation is 1. The molecule has 4 aromatic rings. The van der Waals surface area contributed by atoms with E-state index < -0.39 is 22.8 Å². The van der Waals surface area contributed by atoms with Gasteiger partial charge in [-0.2, -0.15) is 5.10 Å². The fourth-order valence-corrected chi connectivity index (χ4v) is 5.55. The van der Waals surface area contributed by atoms with Crippen molar-refractivity contribution in [2.24, 2.45) is 18.7 Å². The molecule has 40 heavy (non-hydrogen) atoms. The number of hydrogen-bond acceptors (Lipinski definition) is 7. The molecular weight excluding hydrogens is 518 g/mol. The minimum Gasteiger partial charge on any atom is -0.494 e. The molecule has 208 valence electrons. The summed E-state index contributed by atoms with van der Waals surface area (Å²) in [6, 6.07) is 8.68. The van der Waals surface area contributed by atoms with Gasteiger partial charge >= 0.3 is 0 Å². The molecule has 1 aliphatic heterocycles. The molecule has 0 spiro atoms. The number of Topliss-reactive ketones (excluding diaryl/α,β-unsaturated/α-hetero) is 1. The van der Waals surface area contributed by atoms with Gasteiger partial charge in [-0.25, -0.2) is 13.8 Å². The van der Waals surface area contributed by atoms with Crippen LogP contribution in [0, 0.1) is 17.6 Å². The molecule has 10 heteroatoms. The number of aliphatic hydroxyl groups is 1. The maximum atomic E-state index is 14.2. The average Bonchev–Trinajstić information content (AvgIpc) is 3.65. The van der Waals surface area contributed by atoms with E-state index in [2.05, 4.69) is 5.10 Å². The van der Waals surface area contributed by atoms with E-state index in [9.17, 15) is 18.7 Å². The largest absolute Gasteiger partial charge is 0.494 e. The number of rotatable bonds is 8. The number of fused-ring (bicyclic) bond motifs is 2. The molecule has 2 aromatic carbocycles. The van der Waals surface area contributed by atoms with Crippen LogP contribution in [0.15, 0.2) is 42.6 Å². The Morgan fingerprint density at radius 2 is 2.02 bits per heavy atom. The van der Waals surface area contributed by atoms with Gasteiger partial charge in [0.2, 0.25) is 0 Å². The van der Waals surface area contributed by atoms with Gasteiger partial charge in [-0.1, -0.05) is 0 Å². The quantitative estimate of drug-likeness (QED) is 0.306. The van der Waals surface area contributed by atoms with E-state index in [0.717, 1.165) is 30.4 Å². The third-order valence-electron chi connectivity index (χ3n) is 7.96. The molecule has 0 saturated heterocycles. The van der Waals surface area contributed by atoms with Crippen LogP contribution >= 0.6 is 0 Å². The van der Waals surface area contributed by atoms with E-state index >= 15 is 0 Å². The third-order valence-corrected chi connectivity index (χ3v) is 7.96.